The molecule has 5 aromatic rings. The monoisotopic (exact) mass is 399 g/mol. The molecule has 8 nitrogen and oxygen atoms in total. The summed E-state index contributed by atoms with van der Waals surface area (Å²) in [5.41, 5.74) is 7.26. The number of H-pyrrole nitrogens is 1. The molecule has 1 N–H and O–H groups in total. The topological polar surface area (TPSA) is 98.3 Å². The van der Waals surface area contributed by atoms with Crippen LogP contribution in [0.5, 0.6) is 0 Å². The normalized spacial score (nSPS) is 11.4. The van der Waals surface area contributed by atoms with Crippen molar-refractivity contribution in [3.63, 3.8) is 0 Å². The van der Waals surface area contributed by atoms with Crippen molar-refractivity contribution in [3.8, 4) is 22.7 Å². The minimum absolute atomic E-state index is 0.508. The molecule has 1 aromatic carbocycles. The Morgan fingerprint density at radius 3 is 2.63 bits per heavy atom. The highest BCUT2D eigenvalue weighted by Gasteiger charge is 2.16. The van der Waals surface area contributed by atoms with Gasteiger partial charge in [-0.1, -0.05) is 31.2 Å². The molecule has 0 saturated carbocycles. The number of furan rings is 1. The summed E-state index contributed by atoms with van der Waals surface area (Å²) in [5.74, 6) is 2.18. The number of imidazole rings is 1. The van der Waals surface area contributed by atoms with E-state index >= 15 is 0 Å². The number of nitrogens with zero attached hydrogens (tertiary/aromatic N) is 6. The maximum atomic E-state index is 5.59. The number of pyridine rings is 1. The predicted octanol–water partition coefficient (Wildman–Crippen LogP) is 4.10. The van der Waals surface area contributed by atoms with E-state index in [1.165, 1.54) is 5.56 Å². The average Bonchev–Trinajstić information content (AvgIpc) is 3.48. The lowest BCUT2D eigenvalue weighted by molar-refractivity contribution is 0.578. The zero-order valence-electron chi connectivity index (χ0n) is 17.0. The van der Waals surface area contributed by atoms with E-state index in [1.54, 1.807) is 6.26 Å². The van der Waals surface area contributed by atoms with E-state index in [4.69, 9.17) is 14.4 Å². The lowest BCUT2D eigenvalue weighted by Crippen LogP contribution is -2.05. The number of rotatable bonds is 5. The summed E-state index contributed by atoms with van der Waals surface area (Å²) in [6, 6.07) is 12.4. The van der Waals surface area contributed by atoms with Crippen LogP contribution in [0.25, 0.3) is 33.9 Å². The highest BCUT2D eigenvalue weighted by Crippen LogP contribution is 2.31. The van der Waals surface area contributed by atoms with Crippen molar-refractivity contribution in [2.75, 3.05) is 0 Å². The fourth-order valence-electron chi connectivity index (χ4n) is 3.83. The largest absolute Gasteiger partial charge is 0.460 e. The van der Waals surface area contributed by atoms with E-state index in [2.05, 4.69) is 69.4 Å². The van der Waals surface area contributed by atoms with Crippen molar-refractivity contribution in [1.29, 1.82) is 0 Å². The molecular weight excluding hydrogens is 378 g/mol. The molecule has 30 heavy (non-hydrogen) atoms. The number of aromatic amines is 1. The second-order valence-corrected chi connectivity index (χ2v) is 7.33. The highest BCUT2D eigenvalue weighted by atomic mass is 16.3. The Bertz CT molecular complexity index is 1310. The fraction of sp³-hybridized carbons (Fsp3) is 0.227. The first-order valence-corrected chi connectivity index (χ1v) is 9.88. The maximum absolute atomic E-state index is 5.59. The number of tetrazole rings is 1. The number of fused-ring (bicyclic) bond motifs is 1. The summed E-state index contributed by atoms with van der Waals surface area (Å²) in [6.07, 6.45) is 2.50. The molecule has 0 unspecified atom stereocenters. The van der Waals surface area contributed by atoms with Crippen molar-refractivity contribution in [1.82, 2.24) is 35.2 Å². The molecule has 0 aliphatic heterocycles. The molecule has 150 valence electrons. The molecule has 0 radical (unpaired) electrons. The van der Waals surface area contributed by atoms with Gasteiger partial charge in [0.15, 0.2) is 11.4 Å². The SMILES string of the molecule is CCc1nc2c(C)cc(C)nc2n1Cc1ccc(-c2ccoc2-c2nnn[nH]2)cc1. The molecule has 0 fully saturated rings. The van der Waals surface area contributed by atoms with Crippen molar-refractivity contribution in [3.05, 3.63) is 65.3 Å². The number of nitrogens with one attached hydrogen (secondary N) is 1. The van der Waals surface area contributed by atoms with Gasteiger partial charge in [0.2, 0.25) is 5.82 Å². The van der Waals surface area contributed by atoms with Crippen LogP contribution < -0.4 is 0 Å². The summed E-state index contributed by atoms with van der Waals surface area (Å²) >= 11 is 0. The van der Waals surface area contributed by atoms with E-state index in [1.807, 2.05) is 13.0 Å². The van der Waals surface area contributed by atoms with Crippen LogP contribution in [0.1, 0.15) is 29.6 Å². The lowest BCUT2D eigenvalue weighted by Gasteiger charge is -2.09. The Hall–Kier alpha value is -3.81. The van der Waals surface area contributed by atoms with E-state index in [0.29, 0.717) is 11.6 Å². The van der Waals surface area contributed by atoms with Gasteiger partial charge in [-0.25, -0.2) is 15.1 Å². The summed E-state index contributed by atoms with van der Waals surface area (Å²) in [7, 11) is 0. The average molecular weight is 399 g/mol. The molecule has 0 atom stereocenters. The van der Waals surface area contributed by atoms with Crippen molar-refractivity contribution in [2.45, 2.75) is 33.7 Å². The first-order chi connectivity index (χ1) is 14.6. The van der Waals surface area contributed by atoms with Gasteiger partial charge < -0.3 is 8.98 Å². The minimum atomic E-state index is 0.508. The van der Waals surface area contributed by atoms with Crippen LogP contribution in [0.2, 0.25) is 0 Å². The van der Waals surface area contributed by atoms with Crippen LogP contribution in [0, 0.1) is 13.8 Å². The van der Waals surface area contributed by atoms with Crippen LogP contribution in [0.15, 0.2) is 47.1 Å². The minimum Gasteiger partial charge on any atom is -0.460 e. The lowest BCUT2D eigenvalue weighted by atomic mass is 10.0. The molecule has 0 aliphatic carbocycles. The third-order valence-electron chi connectivity index (χ3n) is 5.25. The Morgan fingerprint density at radius 2 is 1.90 bits per heavy atom. The summed E-state index contributed by atoms with van der Waals surface area (Å²) in [5, 5.41) is 13.9. The van der Waals surface area contributed by atoms with Crippen LogP contribution in [-0.2, 0) is 13.0 Å². The van der Waals surface area contributed by atoms with Crippen molar-refractivity contribution < 1.29 is 4.42 Å². The molecule has 8 heteroatoms. The molecule has 5 rings (SSSR count). The highest BCUT2D eigenvalue weighted by molar-refractivity contribution is 5.77. The number of benzene rings is 1. The van der Waals surface area contributed by atoms with Crippen molar-refractivity contribution in [2.24, 2.45) is 0 Å². The van der Waals surface area contributed by atoms with Gasteiger partial charge in [0, 0.05) is 17.7 Å². The number of aryl methyl sites for hydroxylation is 3. The van der Waals surface area contributed by atoms with E-state index in [-0.39, 0.29) is 0 Å². The van der Waals surface area contributed by atoms with E-state index < -0.39 is 0 Å². The predicted molar refractivity (Wildman–Crippen MR) is 113 cm³/mol. The molecule has 4 aromatic heterocycles. The smallest absolute Gasteiger partial charge is 0.215 e. The molecule has 4 heterocycles. The Labute approximate surface area is 173 Å². The van der Waals surface area contributed by atoms with Gasteiger partial charge >= 0.3 is 0 Å². The molecule has 0 amide bonds. The molecule has 0 aliphatic rings. The molecule has 0 spiro atoms. The van der Waals surface area contributed by atoms with Crippen LogP contribution in [0.3, 0.4) is 0 Å². The van der Waals surface area contributed by atoms with Crippen molar-refractivity contribution >= 4 is 11.2 Å². The van der Waals surface area contributed by atoms with Gasteiger partial charge in [-0.3, -0.25) is 0 Å². The second-order valence-electron chi connectivity index (χ2n) is 7.33. The third-order valence-corrected chi connectivity index (χ3v) is 5.25. The number of hydrogen-bond acceptors (Lipinski definition) is 6. The summed E-state index contributed by atoms with van der Waals surface area (Å²) in [6.45, 7) is 6.97. The Balaban J connectivity index is 1.49. The second kappa shape index (κ2) is 7.22. The van der Waals surface area contributed by atoms with Gasteiger partial charge in [-0.15, -0.1) is 5.10 Å². The van der Waals surface area contributed by atoms with Gasteiger partial charge in [-0.2, -0.15) is 0 Å². The third kappa shape index (κ3) is 3.06. The zero-order valence-corrected chi connectivity index (χ0v) is 17.0. The molecular formula is C22H21N7O. The summed E-state index contributed by atoms with van der Waals surface area (Å²) in [4.78, 5) is 9.60. The number of hydrogen-bond donors (Lipinski definition) is 1. The fourth-order valence-corrected chi connectivity index (χ4v) is 3.83. The molecule has 0 bridgehead atoms. The van der Waals surface area contributed by atoms with E-state index in [0.717, 1.165) is 52.3 Å². The first-order valence-electron chi connectivity index (χ1n) is 9.88. The van der Waals surface area contributed by atoms with Crippen LogP contribution >= 0.6 is 0 Å². The molecule has 0 saturated heterocycles. The maximum Gasteiger partial charge on any atom is 0.215 e. The Kier molecular flexibility index (Phi) is 4.39. The Morgan fingerprint density at radius 1 is 1.07 bits per heavy atom. The zero-order chi connectivity index (χ0) is 20.7. The summed E-state index contributed by atoms with van der Waals surface area (Å²) < 4.78 is 7.80. The number of aromatic nitrogens is 7. The van der Waals surface area contributed by atoms with Crippen LogP contribution in [0.4, 0.5) is 0 Å². The van der Waals surface area contributed by atoms with E-state index in [9.17, 15) is 0 Å². The quantitative estimate of drug-likeness (QED) is 0.478. The van der Waals surface area contributed by atoms with Crippen LogP contribution in [-0.4, -0.2) is 35.2 Å². The standard InChI is InChI=1S/C22H21N7O/c1-4-18-24-19-13(2)11-14(3)23-22(19)29(18)12-15-5-7-16(8-6-15)17-9-10-30-20(17)21-25-27-28-26-21/h5-11H,4,12H2,1-3H3,(H,25,26,27,28). The van der Waals surface area contributed by atoms with Gasteiger partial charge in [0.05, 0.1) is 12.8 Å². The first kappa shape index (κ1) is 18.2. The van der Waals surface area contributed by atoms with Gasteiger partial charge in [0.25, 0.3) is 0 Å². The van der Waals surface area contributed by atoms with Gasteiger partial charge in [0.1, 0.15) is 11.3 Å². The van der Waals surface area contributed by atoms with Gasteiger partial charge in [-0.05, 0) is 53.1 Å².